The van der Waals surface area contributed by atoms with Gasteiger partial charge >= 0.3 is 23.9 Å². The maximum absolute atomic E-state index is 12.3. The fraction of sp³-hybridized carbons (Fsp3) is 0.378. The van der Waals surface area contributed by atoms with Crippen LogP contribution in [0.5, 0.6) is 0 Å². The molecule has 14 nitrogen and oxygen atoms in total. The third kappa shape index (κ3) is 12.2. The highest BCUT2D eigenvalue weighted by atomic mass is 32.1. The number of hydrogen-bond donors (Lipinski definition) is 1. The number of carbonyl (C=O) groups excluding carboxylic acids is 4. The quantitative estimate of drug-likeness (QED) is 0.106. The predicted molar refractivity (Wildman–Crippen MR) is 196 cm³/mol. The Morgan fingerprint density at radius 3 is 1.33 bits per heavy atom. The van der Waals surface area contributed by atoms with Gasteiger partial charge < -0.3 is 24.7 Å². The molecule has 0 bridgehead atoms. The van der Waals surface area contributed by atoms with Crippen molar-refractivity contribution in [1.82, 2.24) is 24.8 Å². The van der Waals surface area contributed by atoms with E-state index in [-0.39, 0.29) is 65.7 Å². The highest BCUT2D eigenvalue weighted by molar-refractivity contribution is 7.19. The average molecular weight is 733 g/mol. The summed E-state index contributed by atoms with van der Waals surface area (Å²) in [7, 11) is 0. The van der Waals surface area contributed by atoms with Gasteiger partial charge in [0.25, 0.3) is 0 Å². The zero-order chi connectivity index (χ0) is 37.5. The average Bonchev–Trinajstić information content (AvgIpc) is 3.55. The van der Waals surface area contributed by atoms with Gasteiger partial charge in [-0.05, 0) is 81.8 Å². The Labute approximate surface area is 306 Å². The third-order valence-electron chi connectivity index (χ3n) is 7.28. The van der Waals surface area contributed by atoms with Crippen LogP contribution >= 0.6 is 11.3 Å². The highest BCUT2D eigenvalue weighted by Crippen LogP contribution is 2.34. The zero-order valence-electron chi connectivity index (χ0n) is 29.8. The Bertz CT molecular complexity index is 1690. The van der Waals surface area contributed by atoms with E-state index in [1.807, 2.05) is 48.5 Å². The maximum Gasteiger partial charge on any atom is 0.320 e. The Balaban J connectivity index is 1.69. The second-order valence-corrected chi connectivity index (χ2v) is 12.5. The second-order valence-electron chi connectivity index (χ2n) is 11.4. The number of thiophene rings is 1. The molecule has 4 rings (SSSR count). The topological polar surface area (TPSA) is 176 Å². The van der Waals surface area contributed by atoms with E-state index < -0.39 is 23.9 Å². The lowest BCUT2D eigenvalue weighted by Crippen LogP contribution is -2.36. The monoisotopic (exact) mass is 732 g/mol. The predicted octanol–water partition coefficient (Wildman–Crippen LogP) is 4.37. The highest BCUT2D eigenvalue weighted by Gasteiger charge is 2.20. The zero-order valence-corrected chi connectivity index (χ0v) is 30.6. The van der Waals surface area contributed by atoms with Gasteiger partial charge in [-0.15, -0.1) is 11.3 Å². The molecule has 2 N–H and O–H groups in total. The molecule has 0 aliphatic heterocycles. The Morgan fingerprint density at radius 2 is 0.981 bits per heavy atom. The summed E-state index contributed by atoms with van der Waals surface area (Å²) in [5, 5.41) is 0.654. The minimum Gasteiger partial charge on any atom is -0.465 e. The SMILES string of the molecule is CCOC(=O)CN(CC(=O)OCC)Cc1cccc(-c2cc(-c3ccc(N)s3)cc(-c3cccc(CN(CC(=O)OCC)CC(=O)OCC)n3)n2)n1. The minimum atomic E-state index is -0.461. The first-order chi connectivity index (χ1) is 25.1. The molecule has 4 heterocycles. The van der Waals surface area contributed by atoms with Gasteiger partial charge in [-0.1, -0.05) is 12.1 Å². The molecule has 0 aliphatic carbocycles. The van der Waals surface area contributed by atoms with Gasteiger partial charge in [-0.25, -0.2) is 15.0 Å². The van der Waals surface area contributed by atoms with E-state index >= 15 is 0 Å². The van der Waals surface area contributed by atoms with Crippen molar-refractivity contribution in [3.63, 3.8) is 0 Å². The van der Waals surface area contributed by atoms with Crippen molar-refractivity contribution in [2.75, 3.05) is 58.3 Å². The number of esters is 4. The van der Waals surface area contributed by atoms with Crippen molar-refractivity contribution in [1.29, 1.82) is 0 Å². The molecule has 276 valence electrons. The van der Waals surface area contributed by atoms with Crippen LogP contribution < -0.4 is 5.73 Å². The summed E-state index contributed by atoms with van der Waals surface area (Å²) in [5.74, 6) is -1.85. The Hall–Kier alpha value is -5.25. The fourth-order valence-electron chi connectivity index (χ4n) is 5.21. The molecule has 52 heavy (non-hydrogen) atoms. The van der Waals surface area contributed by atoms with E-state index in [9.17, 15) is 19.2 Å². The number of nitrogen functional groups attached to an aromatic ring is 1. The summed E-state index contributed by atoms with van der Waals surface area (Å²) < 4.78 is 20.5. The smallest absolute Gasteiger partial charge is 0.320 e. The number of hydrogen-bond acceptors (Lipinski definition) is 15. The lowest BCUT2D eigenvalue weighted by Gasteiger charge is -2.20. The van der Waals surface area contributed by atoms with Crippen LogP contribution in [0.4, 0.5) is 5.00 Å². The van der Waals surface area contributed by atoms with E-state index in [1.165, 1.54) is 11.3 Å². The number of nitrogens with two attached hydrogens (primary N) is 1. The molecule has 0 saturated heterocycles. The number of aromatic nitrogens is 3. The molecule has 0 saturated carbocycles. The van der Waals surface area contributed by atoms with Crippen molar-refractivity contribution in [3.05, 3.63) is 72.1 Å². The van der Waals surface area contributed by atoms with Crippen LogP contribution in [-0.2, 0) is 51.2 Å². The summed E-state index contributed by atoms with van der Waals surface area (Å²) in [6.45, 7) is 7.65. The van der Waals surface area contributed by atoms with Crippen LogP contribution in [0.2, 0.25) is 0 Å². The summed E-state index contributed by atoms with van der Waals surface area (Å²) in [5.41, 5.74) is 10.4. The van der Waals surface area contributed by atoms with Crippen molar-refractivity contribution in [3.8, 4) is 33.2 Å². The van der Waals surface area contributed by atoms with Gasteiger partial charge in [0.1, 0.15) is 0 Å². The largest absolute Gasteiger partial charge is 0.465 e. The van der Waals surface area contributed by atoms with E-state index in [0.29, 0.717) is 39.2 Å². The number of nitrogens with zero attached hydrogens (tertiary/aromatic N) is 5. The summed E-state index contributed by atoms with van der Waals surface area (Å²) >= 11 is 1.43. The molecule has 0 radical (unpaired) electrons. The molecule has 0 aromatic carbocycles. The first-order valence-corrected chi connectivity index (χ1v) is 17.8. The molecule has 15 heteroatoms. The van der Waals surface area contributed by atoms with Crippen LogP contribution in [0.1, 0.15) is 39.1 Å². The second kappa shape index (κ2) is 20.0. The van der Waals surface area contributed by atoms with Crippen LogP contribution in [0.15, 0.2) is 60.7 Å². The van der Waals surface area contributed by atoms with Gasteiger partial charge in [0.05, 0.1) is 91.8 Å². The summed E-state index contributed by atoms with van der Waals surface area (Å²) in [4.78, 5) is 68.2. The first-order valence-electron chi connectivity index (χ1n) is 17.0. The Kier molecular flexibility index (Phi) is 15.2. The minimum absolute atomic E-state index is 0.116. The van der Waals surface area contributed by atoms with Crippen LogP contribution in [0.3, 0.4) is 0 Å². The molecular weight excluding hydrogens is 689 g/mol. The molecule has 0 aliphatic rings. The molecule has 0 spiro atoms. The van der Waals surface area contributed by atoms with Crippen LogP contribution in [0, 0.1) is 0 Å². The first kappa shape index (κ1) is 39.5. The van der Waals surface area contributed by atoms with Crippen LogP contribution in [0.25, 0.3) is 33.2 Å². The maximum atomic E-state index is 12.3. The lowest BCUT2D eigenvalue weighted by molar-refractivity contribution is -0.150. The number of pyridine rings is 3. The molecule has 0 fully saturated rings. The summed E-state index contributed by atoms with van der Waals surface area (Å²) in [6, 6.07) is 18.5. The van der Waals surface area contributed by atoms with Crippen molar-refractivity contribution < 1.29 is 38.1 Å². The molecule has 4 aromatic rings. The molecular formula is C37H44N6O8S. The van der Waals surface area contributed by atoms with E-state index in [2.05, 4.69) is 0 Å². The number of carbonyl (C=O) groups is 4. The fourth-order valence-corrected chi connectivity index (χ4v) is 5.98. The van der Waals surface area contributed by atoms with Crippen molar-refractivity contribution in [2.24, 2.45) is 0 Å². The number of rotatable bonds is 19. The molecule has 4 aromatic heterocycles. The molecule has 0 unspecified atom stereocenters. The van der Waals surface area contributed by atoms with Gasteiger partial charge in [0, 0.05) is 18.0 Å². The number of anilines is 1. The number of ether oxygens (including phenoxy) is 4. The normalized spacial score (nSPS) is 11.0. The van der Waals surface area contributed by atoms with Crippen molar-refractivity contribution >= 4 is 40.2 Å². The van der Waals surface area contributed by atoms with Gasteiger partial charge in [-0.2, -0.15) is 0 Å². The van der Waals surface area contributed by atoms with Gasteiger partial charge in [0.2, 0.25) is 0 Å². The van der Waals surface area contributed by atoms with E-state index in [4.69, 9.17) is 39.6 Å². The molecule has 0 amide bonds. The third-order valence-corrected chi connectivity index (χ3v) is 8.24. The Morgan fingerprint density at radius 1 is 0.577 bits per heavy atom. The summed E-state index contributed by atoms with van der Waals surface area (Å²) in [6.07, 6.45) is 0. The van der Waals surface area contributed by atoms with Gasteiger partial charge in [-0.3, -0.25) is 29.0 Å². The molecule has 0 atom stereocenters. The van der Waals surface area contributed by atoms with E-state index in [1.54, 1.807) is 49.6 Å². The van der Waals surface area contributed by atoms with Gasteiger partial charge in [0.15, 0.2) is 0 Å². The standard InChI is InChI=1S/C37H44N6O8S/c1-5-48-34(44)21-42(22-35(45)49-6-2)19-26-11-9-13-28(39-26)30-17-25(32-15-16-33(38)52-32)18-31(41-30)29-14-10-12-27(40-29)20-43(23-36(46)50-7-3)24-37(47)51-8-4/h9-18H,5-8,19-24,38H2,1-4H3. The van der Waals surface area contributed by atoms with Crippen LogP contribution in [-0.4, -0.2) is 101 Å². The van der Waals surface area contributed by atoms with Crippen molar-refractivity contribution in [2.45, 2.75) is 40.8 Å². The lowest BCUT2D eigenvalue weighted by atomic mass is 10.1. The van der Waals surface area contributed by atoms with E-state index in [0.717, 1.165) is 10.4 Å².